The first-order valence-corrected chi connectivity index (χ1v) is 5.86. The first-order chi connectivity index (χ1) is 8.58. The second-order valence-corrected chi connectivity index (χ2v) is 4.52. The largest absolute Gasteiger partial charge is 0.480 e. The smallest absolute Gasteiger partial charge is 0.326 e. The average Bonchev–Trinajstić information content (AvgIpc) is 2.98. The van der Waals surface area contributed by atoms with Crippen LogP contribution in [0.4, 0.5) is 4.79 Å². The number of aromatic amines is 1. The number of carboxylic acids is 1. The zero-order chi connectivity index (χ0) is 13.1. The Morgan fingerprint density at radius 1 is 1.50 bits per heavy atom. The molecule has 1 aromatic heterocycles. The van der Waals surface area contributed by atoms with E-state index in [4.69, 9.17) is 5.11 Å². The van der Waals surface area contributed by atoms with Crippen LogP contribution < -0.4 is 10.6 Å². The molecule has 2 atom stereocenters. The Kier molecular flexibility index (Phi) is 3.50. The fourth-order valence-corrected chi connectivity index (χ4v) is 1.77. The third-order valence-corrected chi connectivity index (χ3v) is 3.01. The van der Waals surface area contributed by atoms with Crippen LogP contribution in [0.3, 0.4) is 0 Å². The minimum Gasteiger partial charge on any atom is -0.480 e. The number of H-pyrrole nitrogens is 1. The van der Waals surface area contributed by atoms with Crippen LogP contribution in [0.1, 0.15) is 31.4 Å². The number of urea groups is 1. The van der Waals surface area contributed by atoms with Crippen molar-refractivity contribution in [3.8, 4) is 0 Å². The van der Waals surface area contributed by atoms with Crippen molar-refractivity contribution in [3.05, 3.63) is 18.0 Å². The van der Waals surface area contributed by atoms with Crippen LogP contribution in [0.5, 0.6) is 0 Å². The van der Waals surface area contributed by atoms with Crippen LogP contribution in [-0.4, -0.2) is 33.3 Å². The summed E-state index contributed by atoms with van der Waals surface area (Å²) >= 11 is 0. The van der Waals surface area contributed by atoms with Crippen molar-refractivity contribution in [2.45, 2.75) is 31.8 Å². The Balaban J connectivity index is 1.86. The molecule has 1 fully saturated rings. The Hall–Kier alpha value is -2.05. The topological polar surface area (TPSA) is 107 Å². The van der Waals surface area contributed by atoms with E-state index >= 15 is 0 Å². The Morgan fingerprint density at radius 3 is 2.72 bits per heavy atom. The molecule has 2 amide bonds. The van der Waals surface area contributed by atoms with Gasteiger partial charge in [-0.1, -0.05) is 0 Å². The highest BCUT2D eigenvalue weighted by Gasteiger charge is 2.37. The van der Waals surface area contributed by atoms with Gasteiger partial charge in [0.25, 0.3) is 0 Å². The molecule has 0 spiro atoms. The molecule has 0 radical (unpaired) electrons. The first kappa shape index (κ1) is 12.4. The lowest BCUT2D eigenvalue weighted by Gasteiger charge is -2.17. The highest BCUT2D eigenvalue weighted by Crippen LogP contribution is 2.32. The summed E-state index contributed by atoms with van der Waals surface area (Å²) in [6.07, 6.45) is 5.00. The molecule has 98 valence electrons. The molecular weight excluding hydrogens is 236 g/mol. The van der Waals surface area contributed by atoms with Gasteiger partial charge >= 0.3 is 12.0 Å². The molecule has 1 aromatic rings. The molecule has 0 aromatic carbocycles. The van der Waals surface area contributed by atoms with Crippen LogP contribution in [0.2, 0.25) is 0 Å². The molecule has 1 aliphatic carbocycles. The fourth-order valence-electron chi connectivity index (χ4n) is 1.77. The van der Waals surface area contributed by atoms with Gasteiger partial charge in [0.15, 0.2) is 0 Å². The molecule has 4 N–H and O–H groups in total. The van der Waals surface area contributed by atoms with Crippen molar-refractivity contribution in [1.82, 2.24) is 20.8 Å². The van der Waals surface area contributed by atoms with Crippen molar-refractivity contribution in [2.24, 2.45) is 5.92 Å². The van der Waals surface area contributed by atoms with Gasteiger partial charge in [0.05, 0.1) is 12.2 Å². The number of aromatic nitrogens is 2. The number of carbonyl (C=O) groups is 2. The predicted molar refractivity (Wildman–Crippen MR) is 62.8 cm³/mol. The number of amides is 2. The second-order valence-electron chi connectivity index (χ2n) is 4.52. The summed E-state index contributed by atoms with van der Waals surface area (Å²) in [4.78, 5) is 22.7. The highest BCUT2D eigenvalue weighted by atomic mass is 16.4. The summed E-state index contributed by atoms with van der Waals surface area (Å²) in [6.45, 7) is 1.80. The fraction of sp³-hybridized carbons (Fsp3) is 0.545. The molecule has 0 aliphatic heterocycles. The van der Waals surface area contributed by atoms with Crippen LogP contribution in [0, 0.1) is 5.92 Å². The van der Waals surface area contributed by atoms with Gasteiger partial charge in [-0.25, -0.2) is 9.59 Å². The maximum Gasteiger partial charge on any atom is 0.326 e. The van der Waals surface area contributed by atoms with E-state index in [1.54, 1.807) is 19.3 Å². The Morgan fingerprint density at radius 2 is 2.22 bits per heavy atom. The number of hydrogen-bond acceptors (Lipinski definition) is 3. The normalized spacial score (nSPS) is 17.8. The summed E-state index contributed by atoms with van der Waals surface area (Å²) in [5.74, 6) is -0.916. The van der Waals surface area contributed by atoms with E-state index in [1.807, 2.05) is 0 Å². The number of rotatable bonds is 5. The van der Waals surface area contributed by atoms with Gasteiger partial charge in [-0.05, 0) is 25.7 Å². The summed E-state index contributed by atoms with van der Waals surface area (Å²) in [6, 6.07) is -1.48. The number of nitrogens with zero attached hydrogens (tertiary/aromatic N) is 1. The first-order valence-electron chi connectivity index (χ1n) is 5.86. The van der Waals surface area contributed by atoms with E-state index in [0.717, 1.165) is 18.4 Å². The monoisotopic (exact) mass is 252 g/mol. The lowest BCUT2D eigenvalue weighted by Crippen LogP contribution is -2.47. The van der Waals surface area contributed by atoms with Crippen molar-refractivity contribution < 1.29 is 14.7 Å². The van der Waals surface area contributed by atoms with Crippen LogP contribution in [-0.2, 0) is 4.79 Å². The van der Waals surface area contributed by atoms with E-state index < -0.39 is 18.0 Å². The van der Waals surface area contributed by atoms with Gasteiger partial charge in [-0.2, -0.15) is 5.10 Å². The summed E-state index contributed by atoms with van der Waals surface area (Å²) in [7, 11) is 0. The van der Waals surface area contributed by atoms with Crippen LogP contribution >= 0.6 is 0 Å². The third kappa shape index (κ3) is 2.99. The van der Waals surface area contributed by atoms with Gasteiger partial charge in [-0.15, -0.1) is 0 Å². The number of aliphatic carboxylic acids is 1. The highest BCUT2D eigenvalue weighted by molar-refractivity contribution is 5.83. The molecule has 18 heavy (non-hydrogen) atoms. The van der Waals surface area contributed by atoms with Gasteiger partial charge in [0, 0.05) is 11.8 Å². The van der Waals surface area contributed by atoms with Crippen molar-refractivity contribution >= 4 is 12.0 Å². The standard InChI is InChI=1S/C11H16N4O3/c1-6(8-4-12-13-5-8)14-11(18)15-9(10(16)17)7-2-3-7/h4-7,9H,2-3H2,1H3,(H,12,13)(H,16,17)(H2,14,15,18). The minimum atomic E-state index is -0.983. The lowest BCUT2D eigenvalue weighted by molar-refractivity contribution is -0.139. The summed E-state index contributed by atoms with van der Waals surface area (Å²) in [5, 5.41) is 20.6. The summed E-state index contributed by atoms with van der Waals surface area (Å²) < 4.78 is 0. The van der Waals surface area contributed by atoms with E-state index in [-0.39, 0.29) is 12.0 Å². The zero-order valence-corrected chi connectivity index (χ0v) is 10.0. The lowest BCUT2D eigenvalue weighted by atomic mass is 10.2. The van der Waals surface area contributed by atoms with Crippen LogP contribution in [0.15, 0.2) is 12.4 Å². The van der Waals surface area contributed by atoms with E-state index in [2.05, 4.69) is 20.8 Å². The number of carboxylic acid groups (broad SMARTS) is 1. The maximum absolute atomic E-state index is 11.7. The second kappa shape index (κ2) is 5.07. The summed E-state index contributed by atoms with van der Waals surface area (Å²) in [5.41, 5.74) is 0.837. The molecular formula is C11H16N4O3. The van der Waals surface area contributed by atoms with Gasteiger partial charge in [-0.3, -0.25) is 5.10 Å². The molecule has 2 unspecified atom stereocenters. The average molecular weight is 252 g/mol. The molecule has 7 heteroatoms. The molecule has 1 saturated carbocycles. The molecule has 2 rings (SSSR count). The predicted octanol–water partition coefficient (Wildman–Crippen LogP) is 0.633. The van der Waals surface area contributed by atoms with Crippen molar-refractivity contribution in [2.75, 3.05) is 0 Å². The molecule has 0 bridgehead atoms. The number of hydrogen-bond donors (Lipinski definition) is 4. The number of carbonyl (C=O) groups excluding carboxylic acids is 1. The Labute approximate surface area is 104 Å². The molecule has 1 heterocycles. The quantitative estimate of drug-likeness (QED) is 0.616. The SMILES string of the molecule is CC(NC(=O)NC(C(=O)O)C1CC1)c1cn[nH]c1. The van der Waals surface area contributed by atoms with Gasteiger partial charge in [0.1, 0.15) is 6.04 Å². The Bertz CT molecular complexity index is 428. The maximum atomic E-state index is 11.7. The molecule has 1 aliphatic rings. The van der Waals surface area contributed by atoms with Gasteiger partial charge < -0.3 is 15.7 Å². The van der Waals surface area contributed by atoms with Crippen molar-refractivity contribution in [3.63, 3.8) is 0 Å². The van der Waals surface area contributed by atoms with Gasteiger partial charge in [0.2, 0.25) is 0 Å². The molecule has 0 saturated heterocycles. The van der Waals surface area contributed by atoms with E-state index in [9.17, 15) is 9.59 Å². The van der Waals surface area contributed by atoms with E-state index in [1.165, 1.54) is 0 Å². The number of nitrogens with one attached hydrogen (secondary N) is 3. The third-order valence-electron chi connectivity index (χ3n) is 3.01. The van der Waals surface area contributed by atoms with Crippen LogP contribution in [0.25, 0.3) is 0 Å². The molecule has 7 nitrogen and oxygen atoms in total. The zero-order valence-electron chi connectivity index (χ0n) is 10.0. The minimum absolute atomic E-state index is 0.0671. The van der Waals surface area contributed by atoms with Crippen molar-refractivity contribution in [1.29, 1.82) is 0 Å². The van der Waals surface area contributed by atoms with E-state index in [0.29, 0.717) is 0 Å².